The van der Waals surface area contributed by atoms with Crippen LogP contribution in [0.15, 0.2) is 0 Å². The average Bonchev–Trinajstić information content (AvgIpc) is 2.09. The molecule has 0 amide bonds. The van der Waals surface area contributed by atoms with E-state index in [0.29, 0.717) is 29.8 Å². The Bertz CT molecular complexity index is 190. The van der Waals surface area contributed by atoms with Crippen molar-refractivity contribution in [1.29, 1.82) is 0 Å². The molecule has 3 atom stereocenters. The molecule has 0 radical (unpaired) electrons. The number of aliphatic hydroxyl groups excluding tert-OH is 1. The topological polar surface area (TPSA) is 20.2 Å². The lowest BCUT2D eigenvalue weighted by Gasteiger charge is -2.29. The van der Waals surface area contributed by atoms with Crippen LogP contribution >= 0.6 is 0 Å². The second-order valence-corrected chi connectivity index (χ2v) is 7.66. The van der Waals surface area contributed by atoms with Crippen LogP contribution in [0.2, 0.25) is 0 Å². The summed E-state index contributed by atoms with van der Waals surface area (Å²) in [7, 11) is 0. The number of aliphatic hydroxyl groups is 1. The minimum atomic E-state index is 0.350. The molecule has 0 aliphatic heterocycles. The molecule has 1 heteroatoms. The molecule has 0 saturated heterocycles. The van der Waals surface area contributed by atoms with Gasteiger partial charge in [0.2, 0.25) is 0 Å². The molecule has 1 nitrogen and oxygen atoms in total. The van der Waals surface area contributed by atoms with Crippen LogP contribution < -0.4 is 0 Å². The molecule has 0 aromatic carbocycles. The molecule has 0 spiro atoms. The summed E-state index contributed by atoms with van der Waals surface area (Å²) >= 11 is 0. The van der Waals surface area contributed by atoms with Gasteiger partial charge < -0.3 is 5.11 Å². The van der Waals surface area contributed by atoms with Gasteiger partial charge in [-0.25, -0.2) is 0 Å². The van der Waals surface area contributed by atoms with Gasteiger partial charge in [0.15, 0.2) is 0 Å². The van der Waals surface area contributed by atoms with Crippen molar-refractivity contribution in [2.45, 2.75) is 67.7 Å². The minimum absolute atomic E-state index is 0.350. The molecule has 0 bridgehead atoms. The Labute approximate surface area is 109 Å². The van der Waals surface area contributed by atoms with Crippen LogP contribution in [-0.4, -0.2) is 11.7 Å². The first kappa shape index (κ1) is 17.0. The largest absolute Gasteiger partial charge is 0.396 e. The Kier molecular flexibility index (Phi) is 7.39. The van der Waals surface area contributed by atoms with Gasteiger partial charge in [0.05, 0.1) is 0 Å². The van der Waals surface area contributed by atoms with Crippen LogP contribution in [0.4, 0.5) is 0 Å². The summed E-state index contributed by atoms with van der Waals surface area (Å²) in [6, 6.07) is 0. The molecule has 17 heavy (non-hydrogen) atoms. The van der Waals surface area contributed by atoms with E-state index in [-0.39, 0.29) is 0 Å². The highest BCUT2D eigenvalue weighted by molar-refractivity contribution is 4.73. The first-order chi connectivity index (χ1) is 7.65. The molecule has 0 aliphatic rings. The summed E-state index contributed by atoms with van der Waals surface area (Å²) in [6.07, 6.45) is 3.65. The molecule has 104 valence electrons. The van der Waals surface area contributed by atoms with E-state index < -0.39 is 0 Å². The van der Waals surface area contributed by atoms with Crippen molar-refractivity contribution in [2.75, 3.05) is 6.61 Å². The fraction of sp³-hybridized carbons (Fsp3) is 1.00. The highest BCUT2D eigenvalue weighted by atomic mass is 16.3. The number of rotatable bonds is 7. The first-order valence-electron chi connectivity index (χ1n) is 7.26. The van der Waals surface area contributed by atoms with Crippen molar-refractivity contribution in [3.05, 3.63) is 0 Å². The zero-order valence-electron chi connectivity index (χ0n) is 13.1. The Morgan fingerprint density at radius 2 is 1.47 bits per heavy atom. The zero-order valence-corrected chi connectivity index (χ0v) is 13.1. The van der Waals surface area contributed by atoms with Crippen LogP contribution in [-0.2, 0) is 0 Å². The third kappa shape index (κ3) is 8.65. The van der Waals surface area contributed by atoms with Gasteiger partial charge >= 0.3 is 0 Å². The third-order valence-electron chi connectivity index (χ3n) is 3.55. The van der Waals surface area contributed by atoms with E-state index in [0.717, 1.165) is 5.92 Å². The Morgan fingerprint density at radius 3 is 1.82 bits per heavy atom. The number of hydrogen-bond acceptors (Lipinski definition) is 1. The van der Waals surface area contributed by atoms with E-state index in [1.54, 1.807) is 0 Å². The molecule has 0 rings (SSSR count). The van der Waals surface area contributed by atoms with Crippen LogP contribution in [0, 0.1) is 29.1 Å². The van der Waals surface area contributed by atoms with E-state index in [1.807, 2.05) is 0 Å². The lowest BCUT2D eigenvalue weighted by Crippen LogP contribution is -2.22. The molecule has 1 N–H and O–H groups in total. The quantitative estimate of drug-likeness (QED) is 0.683. The summed E-state index contributed by atoms with van der Waals surface area (Å²) < 4.78 is 0. The lowest BCUT2D eigenvalue weighted by atomic mass is 9.77. The number of hydrogen-bond donors (Lipinski definition) is 1. The fourth-order valence-electron chi connectivity index (χ4n) is 3.07. The van der Waals surface area contributed by atoms with Crippen molar-refractivity contribution in [3.8, 4) is 0 Å². The van der Waals surface area contributed by atoms with Gasteiger partial charge in [0.25, 0.3) is 0 Å². The standard InChI is InChI=1S/C16H34O/c1-12(2)8-14(4)15(11-17)9-13(3)10-16(5,6)7/h12-15,17H,8-11H2,1-7H3. The van der Waals surface area contributed by atoms with E-state index >= 15 is 0 Å². The second-order valence-electron chi connectivity index (χ2n) is 7.66. The first-order valence-corrected chi connectivity index (χ1v) is 7.26. The second kappa shape index (κ2) is 7.41. The molecule has 0 saturated carbocycles. The van der Waals surface area contributed by atoms with E-state index in [2.05, 4.69) is 48.5 Å². The van der Waals surface area contributed by atoms with Gasteiger partial charge in [-0.2, -0.15) is 0 Å². The Morgan fingerprint density at radius 1 is 0.941 bits per heavy atom. The molecule has 3 unspecified atom stereocenters. The molecular formula is C16H34O. The lowest BCUT2D eigenvalue weighted by molar-refractivity contribution is 0.135. The van der Waals surface area contributed by atoms with Gasteiger partial charge in [0.1, 0.15) is 0 Å². The summed E-state index contributed by atoms with van der Waals surface area (Å²) in [5.74, 6) is 2.57. The summed E-state index contributed by atoms with van der Waals surface area (Å²) in [4.78, 5) is 0. The molecule has 0 fully saturated rings. The highest BCUT2D eigenvalue weighted by Crippen LogP contribution is 2.31. The predicted molar refractivity (Wildman–Crippen MR) is 77.0 cm³/mol. The minimum Gasteiger partial charge on any atom is -0.396 e. The van der Waals surface area contributed by atoms with Gasteiger partial charge in [-0.05, 0) is 48.3 Å². The van der Waals surface area contributed by atoms with E-state index in [4.69, 9.17) is 0 Å². The smallest absolute Gasteiger partial charge is 0.0461 e. The van der Waals surface area contributed by atoms with E-state index in [1.165, 1.54) is 19.3 Å². The summed E-state index contributed by atoms with van der Waals surface area (Å²) in [5.41, 5.74) is 0.403. The summed E-state index contributed by atoms with van der Waals surface area (Å²) in [5, 5.41) is 9.56. The van der Waals surface area contributed by atoms with Crippen LogP contribution in [0.5, 0.6) is 0 Å². The predicted octanol–water partition coefficient (Wildman–Crippen LogP) is 4.74. The maximum Gasteiger partial charge on any atom is 0.0461 e. The normalized spacial score (nSPS) is 18.2. The molecule has 0 aromatic rings. The van der Waals surface area contributed by atoms with Crippen molar-refractivity contribution in [2.24, 2.45) is 29.1 Å². The van der Waals surface area contributed by atoms with Crippen molar-refractivity contribution >= 4 is 0 Å². The molecule has 0 heterocycles. The van der Waals surface area contributed by atoms with Crippen LogP contribution in [0.1, 0.15) is 67.7 Å². The monoisotopic (exact) mass is 242 g/mol. The third-order valence-corrected chi connectivity index (χ3v) is 3.55. The van der Waals surface area contributed by atoms with Crippen molar-refractivity contribution < 1.29 is 5.11 Å². The van der Waals surface area contributed by atoms with Gasteiger partial charge in [-0.3, -0.25) is 0 Å². The van der Waals surface area contributed by atoms with Crippen molar-refractivity contribution in [1.82, 2.24) is 0 Å². The zero-order chi connectivity index (χ0) is 13.6. The van der Waals surface area contributed by atoms with Gasteiger partial charge in [0, 0.05) is 6.61 Å². The van der Waals surface area contributed by atoms with Gasteiger partial charge in [-0.15, -0.1) is 0 Å². The van der Waals surface area contributed by atoms with Crippen LogP contribution in [0.3, 0.4) is 0 Å². The molecule has 0 aliphatic carbocycles. The molecule has 0 aromatic heterocycles. The molecular weight excluding hydrogens is 208 g/mol. The Balaban J connectivity index is 4.20. The average molecular weight is 242 g/mol. The SMILES string of the molecule is CC(C)CC(C)C(CO)CC(C)CC(C)(C)C. The van der Waals surface area contributed by atoms with E-state index in [9.17, 15) is 5.11 Å². The maximum atomic E-state index is 9.56. The fourth-order valence-corrected chi connectivity index (χ4v) is 3.07. The maximum absolute atomic E-state index is 9.56. The van der Waals surface area contributed by atoms with Crippen LogP contribution in [0.25, 0.3) is 0 Å². The van der Waals surface area contributed by atoms with Gasteiger partial charge in [-0.1, -0.05) is 48.5 Å². The van der Waals surface area contributed by atoms with Crippen molar-refractivity contribution in [3.63, 3.8) is 0 Å². The highest BCUT2D eigenvalue weighted by Gasteiger charge is 2.22. The Hall–Kier alpha value is -0.0400. The summed E-state index contributed by atoms with van der Waals surface area (Å²) in [6.45, 7) is 16.4.